The molecular formula is C17H17FN4O2S. The zero-order valence-corrected chi connectivity index (χ0v) is 14.3. The van der Waals surface area contributed by atoms with Crippen molar-refractivity contribution in [3.63, 3.8) is 0 Å². The van der Waals surface area contributed by atoms with Gasteiger partial charge in [0.15, 0.2) is 5.13 Å². The van der Waals surface area contributed by atoms with Gasteiger partial charge in [0.05, 0.1) is 5.92 Å². The molecule has 0 aliphatic carbocycles. The standard InChI is InChI=1S/C17H17FN4O2S/c18-11-1-2-12-13(10-15(23)20-14(12)9-11)16(24)21-4-6-22(7-5-21)17-19-3-8-25-17/h1-3,8-9,13H,4-7,10H2,(H,20,23). The molecule has 2 amide bonds. The molecule has 1 aromatic heterocycles. The minimum Gasteiger partial charge on any atom is -0.345 e. The van der Waals surface area contributed by atoms with Crippen LogP contribution in [0.4, 0.5) is 15.2 Å². The maximum Gasteiger partial charge on any atom is 0.230 e. The third-order valence-electron chi connectivity index (χ3n) is 4.63. The highest BCUT2D eigenvalue weighted by Crippen LogP contribution is 2.34. The van der Waals surface area contributed by atoms with Gasteiger partial charge in [0.25, 0.3) is 0 Å². The summed E-state index contributed by atoms with van der Waals surface area (Å²) in [5.74, 6) is -1.29. The van der Waals surface area contributed by atoms with Crippen molar-refractivity contribution >= 4 is 34.0 Å². The molecule has 0 bridgehead atoms. The number of carbonyl (C=O) groups excluding carboxylic acids is 2. The van der Waals surface area contributed by atoms with Gasteiger partial charge >= 0.3 is 0 Å². The summed E-state index contributed by atoms with van der Waals surface area (Å²) in [7, 11) is 0. The number of hydrogen-bond acceptors (Lipinski definition) is 5. The highest BCUT2D eigenvalue weighted by atomic mass is 32.1. The summed E-state index contributed by atoms with van der Waals surface area (Å²) in [6, 6.07) is 4.20. The van der Waals surface area contributed by atoms with Crippen molar-refractivity contribution in [2.45, 2.75) is 12.3 Å². The van der Waals surface area contributed by atoms with Gasteiger partial charge in [0.2, 0.25) is 11.8 Å². The third-order valence-corrected chi connectivity index (χ3v) is 5.47. The second-order valence-corrected chi connectivity index (χ2v) is 7.04. The Hall–Kier alpha value is -2.48. The van der Waals surface area contributed by atoms with E-state index in [1.165, 1.54) is 12.1 Å². The Morgan fingerprint density at radius 1 is 1.28 bits per heavy atom. The summed E-state index contributed by atoms with van der Waals surface area (Å²) in [4.78, 5) is 33.1. The van der Waals surface area contributed by atoms with E-state index in [1.54, 1.807) is 28.5 Å². The average Bonchev–Trinajstić information content (AvgIpc) is 3.15. The molecule has 1 N–H and O–H groups in total. The number of aromatic nitrogens is 1. The van der Waals surface area contributed by atoms with Crippen LogP contribution in [0.5, 0.6) is 0 Å². The summed E-state index contributed by atoms with van der Waals surface area (Å²) >= 11 is 1.58. The normalized spacial score (nSPS) is 20.2. The van der Waals surface area contributed by atoms with Gasteiger partial charge in [-0.3, -0.25) is 9.59 Å². The lowest BCUT2D eigenvalue weighted by atomic mass is 9.89. The molecule has 0 saturated carbocycles. The minimum absolute atomic E-state index is 0.0681. The van der Waals surface area contributed by atoms with E-state index < -0.39 is 11.7 Å². The van der Waals surface area contributed by atoms with E-state index in [9.17, 15) is 14.0 Å². The SMILES string of the molecule is O=C1CC(C(=O)N2CCN(c3nccs3)CC2)c2ccc(F)cc2N1. The van der Waals surface area contributed by atoms with E-state index in [1.807, 2.05) is 5.38 Å². The van der Waals surface area contributed by atoms with Crippen molar-refractivity contribution in [3.8, 4) is 0 Å². The second-order valence-electron chi connectivity index (χ2n) is 6.16. The van der Waals surface area contributed by atoms with Gasteiger partial charge in [-0.05, 0) is 17.7 Å². The number of halogens is 1. The summed E-state index contributed by atoms with van der Waals surface area (Å²) in [5, 5.41) is 5.55. The van der Waals surface area contributed by atoms with Crippen molar-refractivity contribution in [2.75, 3.05) is 36.4 Å². The molecule has 1 saturated heterocycles. The first kappa shape index (κ1) is 16.0. The fourth-order valence-corrected chi connectivity index (χ4v) is 4.06. The van der Waals surface area contributed by atoms with Crippen LogP contribution in [-0.2, 0) is 9.59 Å². The summed E-state index contributed by atoms with van der Waals surface area (Å²) < 4.78 is 13.4. The quantitative estimate of drug-likeness (QED) is 0.890. The number of nitrogens with zero attached hydrogens (tertiary/aromatic N) is 3. The number of amides is 2. The van der Waals surface area contributed by atoms with Crippen LogP contribution in [0.15, 0.2) is 29.8 Å². The van der Waals surface area contributed by atoms with Gasteiger partial charge in [-0.1, -0.05) is 6.07 Å². The van der Waals surface area contributed by atoms with Gasteiger partial charge in [-0.2, -0.15) is 0 Å². The van der Waals surface area contributed by atoms with Crippen LogP contribution < -0.4 is 10.2 Å². The molecule has 8 heteroatoms. The second kappa shape index (κ2) is 6.44. The first-order valence-electron chi connectivity index (χ1n) is 8.14. The lowest BCUT2D eigenvalue weighted by Gasteiger charge is -2.37. The molecule has 2 aromatic rings. The molecule has 6 nitrogen and oxygen atoms in total. The van der Waals surface area contributed by atoms with E-state index in [0.717, 1.165) is 5.13 Å². The smallest absolute Gasteiger partial charge is 0.230 e. The lowest BCUT2D eigenvalue weighted by Crippen LogP contribution is -2.50. The van der Waals surface area contributed by atoms with Gasteiger partial charge < -0.3 is 15.1 Å². The maximum atomic E-state index is 13.4. The molecule has 25 heavy (non-hydrogen) atoms. The number of piperazine rings is 1. The Morgan fingerprint density at radius 3 is 2.80 bits per heavy atom. The van der Waals surface area contributed by atoms with Gasteiger partial charge in [-0.25, -0.2) is 9.37 Å². The van der Waals surface area contributed by atoms with Gasteiger partial charge in [-0.15, -0.1) is 11.3 Å². The highest BCUT2D eigenvalue weighted by molar-refractivity contribution is 7.13. The average molecular weight is 360 g/mol. The number of thiazole rings is 1. The first-order valence-corrected chi connectivity index (χ1v) is 9.02. The minimum atomic E-state index is -0.546. The Labute approximate surface area is 148 Å². The van der Waals surface area contributed by atoms with Gasteiger partial charge in [0.1, 0.15) is 5.82 Å². The summed E-state index contributed by atoms with van der Waals surface area (Å²) in [5.41, 5.74) is 1.09. The largest absolute Gasteiger partial charge is 0.345 e. The monoisotopic (exact) mass is 360 g/mol. The zero-order valence-electron chi connectivity index (χ0n) is 13.4. The van der Waals surface area contributed by atoms with Crippen LogP contribution in [0.3, 0.4) is 0 Å². The topological polar surface area (TPSA) is 65.5 Å². The number of nitrogens with one attached hydrogen (secondary N) is 1. The first-order chi connectivity index (χ1) is 12.1. The van der Waals surface area contributed by atoms with Crippen molar-refractivity contribution in [2.24, 2.45) is 0 Å². The predicted molar refractivity (Wildman–Crippen MR) is 93.3 cm³/mol. The molecule has 0 spiro atoms. The van der Waals surface area contributed by atoms with Gasteiger partial charge in [0, 0.05) is 49.9 Å². The molecule has 1 unspecified atom stereocenters. The molecule has 130 valence electrons. The Bertz CT molecular complexity index is 803. The molecule has 2 aliphatic heterocycles. The molecule has 2 aliphatic rings. The number of benzene rings is 1. The Kier molecular flexibility index (Phi) is 4.12. The molecule has 1 atom stereocenters. The van der Waals surface area contributed by atoms with Crippen LogP contribution in [0.25, 0.3) is 0 Å². The molecule has 4 rings (SSSR count). The van der Waals surface area contributed by atoms with Crippen molar-refractivity contribution in [1.82, 2.24) is 9.88 Å². The van der Waals surface area contributed by atoms with Crippen LogP contribution in [0.2, 0.25) is 0 Å². The summed E-state index contributed by atoms with van der Waals surface area (Å²) in [6.07, 6.45) is 1.87. The Morgan fingerprint density at radius 2 is 2.08 bits per heavy atom. The van der Waals surface area contributed by atoms with Crippen LogP contribution in [0, 0.1) is 5.82 Å². The van der Waals surface area contributed by atoms with E-state index in [2.05, 4.69) is 15.2 Å². The van der Waals surface area contributed by atoms with Crippen molar-refractivity contribution < 1.29 is 14.0 Å². The maximum absolute atomic E-state index is 13.4. The predicted octanol–water partition coefficient (Wildman–Crippen LogP) is 2.06. The number of anilines is 2. The molecular weight excluding hydrogens is 343 g/mol. The van der Waals surface area contributed by atoms with Crippen LogP contribution >= 0.6 is 11.3 Å². The molecule has 1 fully saturated rings. The third kappa shape index (κ3) is 3.09. The van der Waals surface area contributed by atoms with Crippen molar-refractivity contribution in [3.05, 3.63) is 41.2 Å². The number of fused-ring (bicyclic) bond motifs is 1. The molecule has 0 radical (unpaired) electrons. The fourth-order valence-electron chi connectivity index (χ4n) is 3.37. The lowest BCUT2D eigenvalue weighted by molar-refractivity contribution is -0.135. The fraction of sp³-hybridized carbons (Fsp3) is 0.353. The number of carbonyl (C=O) groups is 2. The van der Waals surface area contributed by atoms with Crippen LogP contribution in [-0.4, -0.2) is 47.9 Å². The number of rotatable bonds is 2. The summed E-state index contributed by atoms with van der Waals surface area (Å²) in [6.45, 7) is 2.61. The zero-order chi connectivity index (χ0) is 17.4. The van der Waals surface area contributed by atoms with E-state index in [4.69, 9.17) is 0 Å². The van der Waals surface area contributed by atoms with Crippen LogP contribution in [0.1, 0.15) is 17.9 Å². The highest BCUT2D eigenvalue weighted by Gasteiger charge is 2.35. The number of hydrogen-bond donors (Lipinski definition) is 1. The van der Waals surface area contributed by atoms with E-state index in [-0.39, 0.29) is 18.2 Å². The molecule has 1 aromatic carbocycles. The molecule has 3 heterocycles. The Balaban J connectivity index is 1.49. The van der Waals surface area contributed by atoms with Crippen molar-refractivity contribution in [1.29, 1.82) is 0 Å². The van der Waals surface area contributed by atoms with E-state index in [0.29, 0.717) is 37.4 Å². The van der Waals surface area contributed by atoms with E-state index >= 15 is 0 Å².